The Morgan fingerprint density at radius 1 is 1.10 bits per heavy atom. The maximum absolute atomic E-state index is 13.9. The lowest BCUT2D eigenvalue weighted by Crippen LogP contribution is -2.50. The van der Waals surface area contributed by atoms with Crippen LogP contribution < -0.4 is 14.9 Å². The van der Waals surface area contributed by atoms with Crippen LogP contribution >= 0.6 is 0 Å². The number of hydrogen-bond acceptors (Lipinski definition) is 6. The number of allylic oxidation sites excluding steroid dienone is 2. The first-order chi connectivity index (χ1) is 20.3. The van der Waals surface area contributed by atoms with Crippen LogP contribution in [0.3, 0.4) is 0 Å². The molecule has 1 heterocycles. The number of anilines is 1. The van der Waals surface area contributed by atoms with Crippen LogP contribution in [-0.2, 0) is 27.6 Å². The van der Waals surface area contributed by atoms with Crippen molar-refractivity contribution in [3.05, 3.63) is 70.8 Å². The molecular weight excluding hydrogens is 550 g/mol. The zero-order valence-electron chi connectivity index (χ0n) is 25.3. The molecular formula is C33H47N3O5S. The molecule has 2 aliphatic rings. The highest BCUT2D eigenvalue weighted by atomic mass is 32.2. The Bertz CT molecular complexity index is 1320. The maximum atomic E-state index is 13.9. The van der Waals surface area contributed by atoms with Crippen molar-refractivity contribution >= 4 is 27.2 Å². The minimum Gasteiger partial charge on any atom is -0.390 e. The first kappa shape index (κ1) is 32.2. The van der Waals surface area contributed by atoms with E-state index in [1.54, 1.807) is 6.07 Å². The van der Waals surface area contributed by atoms with Gasteiger partial charge in [0, 0.05) is 37.9 Å². The van der Waals surface area contributed by atoms with Gasteiger partial charge in [0.1, 0.15) is 0 Å². The fourth-order valence-corrected chi connectivity index (χ4v) is 7.56. The number of carbonyl (C=O) groups excluding carboxylic acids is 1. The highest BCUT2D eigenvalue weighted by Gasteiger charge is 2.30. The molecule has 9 heteroatoms. The van der Waals surface area contributed by atoms with Crippen LogP contribution in [0.5, 0.6) is 0 Å². The lowest BCUT2D eigenvalue weighted by atomic mass is 9.96. The topological polar surface area (TPSA) is 108 Å². The summed E-state index contributed by atoms with van der Waals surface area (Å²) in [5, 5.41) is 17.9. The van der Waals surface area contributed by atoms with Gasteiger partial charge in [-0.15, -0.1) is 0 Å². The largest absolute Gasteiger partial charge is 0.390 e. The summed E-state index contributed by atoms with van der Waals surface area (Å²) in [6, 6.07) is 13.2. The summed E-state index contributed by atoms with van der Waals surface area (Å²) in [4.78, 5) is 13.9. The molecule has 0 bridgehead atoms. The van der Waals surface area contributed by atoms with E-state index in [9.17, 15) is 18.3 Å². The number of nitrogens with one attached hydrogen (secondary N) is 2. The lowest BCUT2D eigenvalue weighted by molar-refractivity contribution is 0.0657. The minimum absolute atomic E-state index is 0.0484. The molecule has 1 saturated heterocycles. The second kappa shape index (κ2) is 15.1. The summed E-state index contributed by atoms with van der Waals surface area (Å²) in [5.41, 5.74) is 5.05. The zero-order chi connectivity index (χ0) is 30.1. The van der Waals surface area contributed by atoms with Crippen LogP contribution in [0.4, 0.5) is 5.69 Å². The van der Waals surface area contributed by atoms with Gasteiger partial charge in [-0.2, -0.15) is 0 Å². The van der Waals surface area contributed by atoms with Crippen molar-refractivity contribution in [1.82, 2.24) is 10.6 Å². The Kier molecular flexibility index (Phi) is 11.6. The standard InChI is InChI=1S/C33H47N3O5S/c1-4-10-25-13-14-28-29(25)21-26(22-31(28)36(6-3)42(39,40)19-5-2)33(38)35-30(20-24-11-8-7-9-12-24)32(37)23-34-27-15-17-41-18-16-27/h7-9,11-13,21-22,27,30,32,34,37H,4-6,10,14-20,23H2,1-3H3,(H,35,38). The Balaban J connectivity index is 1.64. The molecule has 2 unspecified atom stereocenters. The van der Waals surface area contributed by atoms with Crippen LogP contribution in [0, 0.1) is 0 Å². The molecule has 42 heavy (non-hydrogen) atoms. The van der Waals surface area contributed by atoms with Crippen molar-refractivity contribution in [3.8, 4) is 0 Å². The molecule has 1 amide bonds. The molecule has 1 fully saturated rings. The Hall–Kier alpha value is -2.72. The summed E-state index contributed by atoms with van der Waals surface area (Å²) in [6.45, 7) is 7.85. The Labute approximate surface area is 251 Å². The third-order valence-corrected chi connectivity index (χ3v) is 10.2. The molecule has 230 valence electrons. The normalized spacial score (nSPS) is 16.9. The highest BCUT2D eigenvalue weighted by molar-refractivity contribution is 7.92. The van der Waals surface area contributed by atoms with E-state index in [2.05, 4.69) is 23.6 Å². The summed E-state index contributed by atoms with van der Waals surface area (Å²) in [5.74, 6) is -0.274. The predicted molar refractivity (Wildman–Crippen MR) is 169 cm³/mol. The number of amides is 1. The monoisotopic (exact) mass is 597 g/mol. The van der Waals surface area contributed by atoms with Gasteiger partial charge in [0.15, 0.2) is 0 Å². The second-order valence-corrected chi connectivity index (χ2v) is 13.3. The van der Waals surface area contributed by atoms with E-state index in [1.807, 2.05) is 50.2 Å². The molecule has 0 saturated carbocycles. The van der Waals surface area contributed by atoms with Gasteiger partial charge in [0.25, 0.3) is 5.91 Å². The molecule has 0 aromatic heterocycles. The average molecular weight is 598 g/mol. The Morgan fingerprint density at radius 2 is 1.83 bits per heavy atom. The molecule has 2 aromatic rings. The van der Waals surface area contributed by atoms with Crippen molar-refractivity contribution in [3.63, 3.8) is 0 Å². The second-order valence-electron chi connectivity index (χ2n) is 11.3. The van der Waals surface area contributed by atoms with E-state index in [-0.39, 0.29) is 24.2 Å². The van der Waals surface area contributed by atoms with E-state index in [1.165, 1.54) is 4.31 Å². The fraction of sp³-hybridized carbons (Fsp3) is 0.545. The summed E-state index contributed by atoms with van der Waals surface area (Å²) in [6.07, 6.45) is 6.56. The van der Waals surface area contributed by atoms with E-state index >= 15 is 0 Å². The number of sulfonamides is 1. The molecule has 2 atom stereocenters. The van der Waals surface area contributed by atoms with E-state index in [0.717, 1.165) is 47.9 Å². The van der Waals surface area contributed by atoms with Crippen molar-refractivity contribution in [2.45, 2.75) is 83.9 Å². The molecule has 4 rings (SSSR count). The van der Waals surface area contributed by atoms with E-state index in [4.69, 9.17) is 4.74 Å². The number of aliphatic hydroxyl groups is 1. The fourth-order valence-electron chi connectivity index (χ4n) is 5.97. The Morgan fingerprint density at radius 3 is 2.50 bits per heavy atom. The van der Waals surface area contributed by atoms with Crippen LogP contribution in [0.1, 0.15) is 79.9 Å². The van der Waals surface area contributed by atoms with Gasteiger partial charge < -0.3 is 20.5 Å². The third-order valence-electron chi connectivity index (χ3n) is 8.18. The van der Waals surface area contributed by atoms with Crippen LogP contribution in [0.15, 0.2) is 48.5 Å². The maximum Gasteiger partial charge on any atom is 0.251 e. The van der Waals surface area contributed by atoms with Gasteiger partial charge in [0.05, 0.1) is 23.6 Å². The van der Waals surface area contributed by atoms with Gasteiger partial charge in [0.2, 0.25) is 10.0 Å². The number of benzene rings is 2. The number of hydrogen-bond donors (Lipinski definition) is 3. The van der Waals surface area contributed by atoms with Gasteiger partial charge >= 0.3 is 0 Å². The molecule has 2 aromatic carbocycles. The number of aliphatic hydroxyl groups excluding tert-OH is 1. The van der Waals surface area contributed by atoms with Crippen molar-refractivity contribution in [2.75, 3.05) is 36.4 Å². The van der Waals surface area contributed by atoms with Crippen molar-refractivity contribution in [1.29, 1.82) is 0 Å². The average Bonchev–Trinajstić information content (AvgIpc) is 3.39. The number of ether oxygens (including phenoxy) is 1. The van der Waals surface area contributed by atoms with Crippen LogP contribution in [0.2, 0.25) is 0 Å². The van der Waals surface area contributed by atoms with Crippen molar-refractivity contribution < 1.29 is 23.1 Å². The van der Waals surface area contributed by atoms with Gasteiger partial charge in [-0.25, -0.2) is 8.42 Å². The number of nitrogens with zero attached hydrogens (tertiary/aromatic N) is 1. The smallest absolute Gasteiger partial charge is 0.251 e. The zero-order valence-corrected chi connectivity index (χ0v) is 26.1. The van der Waals surface area contributed by atoms with Crippen LogP contribution in [-0.4, -0.2) is 69.7 Å². The number of carbonyl (C=O) groups is 1. The first-order valence-electron chi connectivity index (χ1n) is 15.5. The van der Waals surface area contributed by atoms with Gasteiger partial charge in [-0.3, -0.25) is 9.10 Å². The SMILES string of the molecule is CCCC1=CCc2c1cc(C(=O)NC(Cc1ccccc1)C(O)CNC1CCOCC1)cc2N(CC)S(=O)(=O)CCC. The summed E-state index contributed by atoms with van der Waals surface area (Å²) >= 11 is 0. The van der Waals surface area contributed by atoms with Crippen molar-refractivity contribution in [2.24, 2.45) is 0 Å². The highest BCUT2D eigenvalue weighted by Crippen LogP contribution is 2.39. The minimum atomic E-state index is -3.54. The molecule has 0 spiro atoms. The van der Waals surface area contributed by atoms with E-state index < -0.39 is 22.2 Å². The predicted octanol–water partition coefficient (Wildman–Crippen LogP) is 4.46. The molecule has 8 nitrogen and oxygen atoms in total. The summed E-state index contributed by atoms with van der Waals surface area (Å²) in [7, 11) is -3.54. The van der Waals surface area contributed by atoms with Gasteiger partial charge in [-0.05, 0) is 79.8 Å². The molecule has 1 aliphatic heterocycles. The number of fused-ring (bicyclic) bond motifs is 1. The lowest BCUT2D eigenvalue weighted by Gasteiger charge is -2.29. The number of rotatable bonds is 15. The summed E-state index contributed by atoms with van der Waals surface area (Å²) < 4.78 is 33.5. The first-order valence-corrected chi connectivity index (χ1v) is 17.1. The van der Waals surface area contributed by atoms with E-state index in [0.29, 0.717) is 50.3 Å². The molecule has 3 N–H and O–H groups in total. The molecule has 0 radical (unpaired) electrons. The molecule has 1 aliphatic carbocycles. The van der Waals surface area contributed by atoms with Crippen LogP contribution in [0.25, 0.3) is 5.57 Å². The quantitative estimate of drug-likeness (QED) is 0.280. The third kappa shape index (κ3) is 8.01. The van der Waals surface area contributed by atoms with Gasteiger partial charge in [-0.1, -0.05) is 56.7 Å².